The standard InChI is InChI=1S/C36H39F3N6O2S/c1-4-6-27-10-9-24(2)23-33(27)45-25(3)19-22-48-35(45)41-34(46)40-32-8-5-7-31(32)26-11-13-28(14-12-26)43-20-21-44(42-43)29-15-17-30(18-16-29)47-36(37,38)39/h9-18,20-21,23,25,42H,4-8,19,22H2,1-3H3,(H,40,46). The van der Waals surface area contributed by atoms with Gasteiger partial charge in [-0.3, -0.25) is 10.0 Å². The fourth-order valence-electron chi connectivity index (χ4n) is 6.19. The molecular weight excluding hydrogens is 637 g/mol. The van der Waals surface area contributed by atoms with Gasteiger partial charge in [0.15, 0.2) is 5.17 Å². The van der Waals surface area contributed by atoms with Crippen LogP contribution >= 0.6 is 11.8 Å². The first-order chi connectivity index (χ1) is 23.1. The van der Waals surface area contributed by atoms with E-state index in [1.165, 1.54) is 35.4 Å². The Morgan fingerprint density at radius 3 is 2.38 bits per heavy atom. The maximum absolute atomic E-state index is 13.4. The van der Waals surface area contributed by atoms with Crippen molar-refractivity contribution in [3.63, 3.8) is 0 Å². The molecule has 12 heteroatoms. The van der Waals surface area contributed by atoms with Crippen LogP contribution in [0.2, 0.25) is 0 Å². The summed E-state index contributed by atoms with van der Waals surface area (Å²) in [5.41, 5.74) is 11.3. The number of nitrogens with one attached hydrogen (secondary N) is 2. The van der Waals surface area contributed by atoms with Gasteiger partial charge in [0.25, 0.3) is 0 Å². The van der Waals surface area contributed by atoms with E-state index in [-0.39, 0.29) is 17.8 Å². The Morgan fingerprint density at radius 2 is 1.71 bits per heavy atom. The molecule has 1 aliphatic carbocycles. The van der Waals surface area contributed by atoms with Gasteiger partial charge in [-0.15, -0.1) is 18.7 Å². The number of carbonyl (C=O) groups excluding carboxylic acids is 1. The van der Waals surface area contributed by atoms with Crippen molar-refractivity contribution >= 4 is 45.6 Å². The molecule has 0 spiro atoms. The maximum Gasteiger partial charge on any atom is 0.573 e. The number of thioether (sulfide) groups is 1. The van der Waals surface area contributed by atoms with Crippen molar-refractivity contribution in [1.82, 2.24) is 10.9 Å². The third-order valence-electron chi connectivity index (χ3n) is 8.53. The lowest BCUT2D eigenvalue weighted by Gasteiger charge is -2.37. The van der Waals surface area contributed by atoms with Gasteiger partial charge in [0, 0.05) is 35.6 Å². The van der Waals surface area contributed by atoms with Gasteiger partial charge < -0.3 is 15.0 Å². The second-order valence-corrected chi connectivity index (χ2v) is 13.2. The number of ether oxygens (including phenoxy) is 1. The van der Waals surface area contributed by atoms with Crippen molar-refractivity contribution in [1.29, 1.82) is 0 Å². The lowest BCUT2D eigenvalue weighted by atomic mass is 10.0. The molecule has 2 aliphatic heterocycles. The summed E-state index contributed by atoms with van der Waals surface area (Å²) >= 11 is 1.63. The molecular formula is C36H39F3N6O2S. The lowest BCUT2D eigenvalue weighted by molar-refractivity contribution is -0.274. The first kappa shape index (κ1) is 33.5. The molecule has 0 aromatic heterocycles. The predicted molar refractivity (Wildman–Crippen MR) is 188 cm³/mol. The molecule has 1 saturated heterocycles. The van der Waals surface area contributed by atoms with Crippen molar-refractivity contribution in [3.05, 3.63) is 102 Å². The summed E-state index contributed by atoms with van der Waals surface area (Å²) in [6.07, 6.45) is 4.48. The highest BCUT2D eigenvalue weighted by Gasteiger charge is 2.31. The van der Waals surface area contributed by atoms with Crippen LogP contribution < -0.4 is 30.5 Å². The number of amides is 2. The van der Waals surface area contributed by atoms with Crippen LogP contribution in [0.4, 0.5) is 35.0 Å². The number of carbonyl (C=O) groups is 1. The lowest BCUT2D eigenvalue weighted by Crippen LogP contribution is -2.42. The zero-order valence-corrected chi connectivity index (χ0v) is 28.0. The monoisotopic (exact) mass is 676 g/mol. The summed E-state index contributed by atoms with van der Waals surface area (Å²) < 4.78 is 41.5. The number of aryl methyl sites for hydroxylation is 2. The Hall–Kier alpha value is -4.42. The molecule has 1 atom stereocenters. The maximum atomic E-state index is 13.4. The van der Waals surface area contributed by atoms with Gasteiger partial charge in [-0.1, -0.05) is 49.4 Å². The third-order valence-corrected chi connectivity index (χ3v) is 9.51. The minimum absolute atomic E-state index is 0.236. The number of rotatable bonds is 8. The number of anilines is 3. The van der Waals surface area contributed by atoms with Gasteiger partial charge in [-0.05, 0) is 111 Å². The number of urea groups is 1. The van der Waals surface area contributed by atoms with Gasteiger partial charge in [0.1, 0.15) is 5.75 Å². The average molecular weight is 677 g/mol. The first-order valence-electron chi connectivity index (χ1n) is 16.2. The van der Waals surface area contributed by atoms with E-state index in [0.29, 0.717) is 5.69 Å². The van der Waals surface area contributed by atoms with Crippen LogP contribution in [0, 0.1) is 6.92 Å². The second-order valence-electron chi connectivity index (χ2n) is 12.1. The van der Waals surface area contributed by atoms with Gasteiger partial charge in [-0.25, -0.2) is 4.79 Å². The van der Waals surface area contributed by atoms with Gasteiger partial charge in [-0.2, -0.15) is 4.99 Å². The number of alkyl halides is 3. The number of nitrogens with zero attached hydrogens (tertiary/aromatic N) is 4. The smallest absolute Gasteiger partial charge is 0.406 e. The van der Waals surface area contributed by atoms with Crippen LogP contribution in [0.25, 0.3) is 5.57 Å². The molecule has 3 aromatic carbocycles. The topological polar surface area (TPSA) is 72.4 Å². The summed E-state index contributed by atoms with van der Waals surface area (Å²) in [6, 6.07) is 20.1. The average Bonchev–Trinajstić information content (AvgIpc) is 3.72. The number of hydrazine groups is 2. The SMILES string of the molecule is CCCc1ccc(C)cc1N1C(=NC(=O)NC2=C(c3ccc(N4C=CN(c5ccc(OC(F)(F)F)cc5)N4)cc3)CCC2)SCCC1C. The van der Waals surface area contributed by atoms with Crippen LogP contribution in [0.15, 0.2) is 89.8 Å². The van der Waals surface area contributed by atoms with E-state index in [4.69, 9.17) is 0 Å². The quantitative estimate of drug-likeness (QED) is 0.247. The highest BCUT2D eigenvalue weighted by atomic mass is 32.2. The van der Waals surface area contributed by atoms with Crippen molar-refractivity contribution in [3.8, 4) is 5.75 Å². The first-order valence-corrected chi connectivity index (χ1v) is 17.2. The Bertz CT molecular complexity index is 1720. The molecule has 6 rings (SSSR count). The van der Waals surface area contributed by atoms with Crippen molar-refractivity contribution in [2.75, 3.05) is 20.7 Å². The summed E-state index contributed by atoms with van der Waals surface area (Å²) in [7, 11) is 0. The minimum Gasteiger partial charge on any atom is -0.406 e. The van der Waals surface area contributed by atoms with E-state index in [1.807, 2.05) is 30.5 Å². The molecule has 0 radical (unpaired) electrons. The van der Waals surface area contributed by atoms with Crippen LogP contribution in [-0.4, -0.2) is 29.4 Å². The molecule has 1 fully saturated rings. The molecule has 2 amide bonds. The number of hydrogen-bond donors (Lipinski definition) is 2. The zero-order chi connectivity index (χ0) is 33.8. The number of amidine groups is 1. The summed E-state index contributed by atoms with van der Waals surface area (Å²) in [5.74, 6) is 0.639. The van der Waals surface area contributed by atoms with E-state index in [1.54, 1.807) is 28.0 Å². The van der Waals surface area contributed by atoms with Crippen LogP contribution in [-0.2, 0) is 6.42 Å². The Balaban J connectivity index is 1.13. The Kier molecular flexibility index (Phi) is 10.0. The van der Waals surface area contributed by atoms with E-state index >= 15 is 0 Å². The largest absolute Gasteiger partial charge is 0.573 e. The fourth-order valence-corrected chi connectivity index (χ4v) is 7.40. The normalized spacial score (nSPS) is 19.1. The van der Waals surface area contributed by atoms with Crippen molar-refractivity contribution < 1.29 is 22.7 Å². The Labute approximate surface area is 283 Å². The highest BCUT2D eigenvalue weighted by Crippen LogP contribution is 2.35. The van der Waals surface area contributed by atoms with Crippen molar-refractivity contribution in [2.24, 2.45) is 4.99 Å². The molecule has 0 bridgehead atoms. The molecule has 2 N–H and O–H groups in total. The van der Waals surface area contributed by atoms with E-state index in [2.05, 4.69) is 64.5 Å². The second kappa shape index (κ2) is 14.4. The summed E-state index contributed by atoms with van der Waals surface area (Å²) in [5, 5.41) is 7.36. The molecule has 48 heavy (non-hydrogen) atoms. The predicted octanol–water partition coefficient (Wildman–Crippen LogP) is 9.06. The highest BCUT2D eigenvalue weighted by molar-refractivity contribution is 8.14. The van der Waals surface area contributed by atoms with E-state index in [9.17, 15) is 18.0 Å². The molecule has 2 heterocycles. The number of hydrogen-bond acceptors (Lipinski definition) is 6. The number of allylic oxidation sites excluding steroid dienone is 2. The number of halogens is 3. The summed E-state index contributed by atoms with van der Waals surface area (Å²) in [6.45, 7) is 6.48. The van der Waals surface area contributed by atoms with Crippen LogP contribution in [0.1, 0.15) is 62.6 Å². The van der Waals surface area contributed by atoms with Crippen LogP contribution in [0.5, 0.6) is 5.75 Å². The molecule has 1 unspecified atom stereocenters. The molecule has 0 saturated carbocycles. The molecule has 8 nitrogen and oxygen atoms in total. The molecule has 3 aliphatic rings. The van der Waals surface area contributed by atoms with Crippen LogP contribution in [0.3, 0.4) is 0 Å². The number of aliphatic imine (C=N–C) groups is 1. The van der Waals surface area contributed by atoms with E-state index in [0.717, 1.165) is 77.7 Å². The molecule has 3 aromatic rings. The van der Waals surface area contributed by atoms with E-state index < -0.39 is 6.36 Å². The minimum atomic E-state index is -4.74. The third kappa shape index (κ3) is 7.82. The van der Waals surface area contributed by atoms with Gasteiger partial charge in [0.05, 0.1) is 11.4 Å². The fraction of sp³-hybridized carbons (Fsp3) is 0.333. The molecule has 252 valence electrons. The Morgan fingerprint density at radius 1 is 1.02 bits per heavy atom. The zero-order valence-electron chi connectivity index (χ0n) is 27.2. The van der Waals surface area contributed by atoms with Gasteiger partial charge >= 0.3 is 12.4 Å². The van der Waals surface area contributed by atoms with Crippen molar-refractivity contribution in [2.45, 2.75) is 71.7 Å². The summed E-state index contributed by atoms with van der Waals surface area (Å²) in [4.78, 5) is 20.3. The number of benzene rings is 3. The van der Waals surface area contributed by atoms with Gasteiger partial charge in [0.2, 0.25) is 0 Å².